The highest BCUT2D eigenvalue weighted by Crippen LogP contribution is 2.42. The first-order valence-corrected chi connectivity index (χ1v) is 4.97. The van der Waals surface area contributed by atoms with Crippen LogP contribution in [0, 0.1) is 5.92 Å². The zero-order valence-corrected chi connectivity index (χ0v) is 7.42. The van der Waals surface area contributed by atoms with Gasteiger partial charge in [-0.25, -0.2) is 0 Å². The van der Waals surface area contributed by atoms with Crippen molar-refractivity contribution in [3.63, 3.8) is 0 Å². The van der Waals surface area contributed by atoms with E-state index < -0.39 is 0 Å². The van der Waals surface area contributed by atoms with Crippen LogP contribution in [0.5, 0.6) is 0 Å². The molecule has 2 fully saturated rings. The van der Waals surface area contributed by atoms with E-state index in [9.17, 15) is 4.79 Å². The molecule has 1 heterocycles. The topological polar surface area (TPSA) is 26.3 Å². The van der Waals surface area contributed by atoms with Crippen molar-refractivity contribution in [2.75, 3.05) is 6.61 Å². The SMILES string of the molecule is O=CC1CCOC12CCCCC2. The van der Waals surface area contributed by atoms with Gasteiger partial charge in [-0.2, -0.15) is 0 Å². The molecule has 2 rings (SSSR count). The molecule has 2 nitrogen and oxygen atoms in total. The summed E-state index contributed by atoms with van der Waals surface area (Å²) in [6.07, 6.45) is 8.07. The summed E-state index contributed by atoms with van der Waals surface area (Å²) in [6, 6.07) is 0. The molecule has 0 aromatic rings. The van der Waals surface area contributed by atoms with Crippen molar-refractivity contribution in [2.24, 2.45) is 5.92 Å². The Morgan fingerprint density at radius 1 is 1.25 bits per heavy atom. The highest BCUT2D eigenvalue weighted by atomic mass is 16.5. The highest BCUT2D eigenvalue weighted by Gasteiger charge is 2.44. The molecule has 1 unspecified atom stereocenters. The van der Waals surface area contributed by atoms with Crippen molar-refractivity contribution < 1.29 is 9.53 Å². The molecular weight excluding hydrogens is 152 g/mol. The zero-order chi connectivity index (χ0) is 8.44. The van der Waals surface area contributed by atoms with E-state index in [4.69, 9.17) is 4.74 Å². The van der Waals surface area contributed by atoms with Crippen LogP contribution in [0.4, 0.5) is 0 Å². The van der Waals surface area contributed by atoms with E-state index in [-0.39, 0.29) is 11.5 Å². The molecule has 0 bridgehead atoms. The summed E-state index contributed by atoms with van der Waals surface area (Å²) in [6.45, 7) is 0.795. The van der Waals surface area contributed by atoms with Gasteiger partial charge < -0.3 is 9.53 Å². The van der Waals surface area contributed by atoms with Crippen LogP contribution >= 0.6 is 0 Å². The lowest BCUT2D eigenvalue weighted by atomic mass is 9.76. The first-order valence-electron chi connectivity index (χ1n) is 4.97. The van der Waals surface area contributed by atoms with Gasteiger partial charge in [0.2, 0.25) is 0 Å². The molecule has 1 saturated carbocycles. The van der Waals surface area contributed by atoms with E-state index in [1.54, 1.807) is 0 Å². The number of ether oxygens (including phenoxy) is 1. The third kappa shape index (κ3) is 1.18. The number of rotatable bonds is 1. The predicted molar refractivity (Wildman–Crippen MR) is 45.9 cm³/mol. The summed E-state index contributed by atoms with van der Waals surface area (Å²) < 4.78 is 5.75. The Kier molecular flexibility index (Phi) is 2.18. The van der Waals surface area contributed by atoms with E-state index in [1.165, 1.54) is 19.3 Å². The standard InChI is InChI=1S/C10H16O2/c11-8-9-4-7-12-10(9)5-2-1-3-6-10/h8-9H,1-7H2. The van der Waals surface area contributed by atoms with Gasteiger partial charge in [-0.05, 0) is 19.3 Å². The summed E-state index contributed by atoms with van der Waals surface area (Å²) >= 11 is 0. The minimum absolute atomic E-state index is 0.0278. The van der Waals surface area contributed by atoms with Crippen LogP contribution in [0.15, 0.2) is 0 Å². The maximum Gasteiger partial charge on any atom is 0.126 e. The summed E-state index contributed by atoms with van der Waals surface area (Å²) in [4.78, 5) is 10.8. The molecule has 0 radical (unpaired) electrons. The Hall–Kier alpha value is -0.370. The van der Waals surface area contributed by atoms with Crippen molar-refractivity contribution in [2.45, 2.75) is 44.1 Å². The molecular formula is C10H16O2. The van der Waals surface area contributed by atoms with Gasteiger partial charge in [-0.15, -0.1) is 0 Å². The summed E-state index contributed by atoms with van der Waals surface area (Å²) in [7, 11) is 0. The fourth-order valence-corrected chi connectivity index (χ4v) is 2.62. The fourth-order valence-electron chi connectivity index (χ4n) is 2.62. The third-order valence-corrected chi connectivity index (χ3v) is 3.36. The van der Waals surface area contributed by atoms with Crippen molar-refractivity contribution in [3.8, 4) is 0 Å². The van der Waals surface area contributed by atoms with E-state index in [0.29, 0.717) is 0 Å². The van der Waals surface area contributed by atoms with E-state index in [1.807, 2.05) is 0 Å². The second-order valence-corrected chi connectivity index (χ2v) is 4.01. The highest BCUT2D eigenvalue weighted by molar-refractivity contribution is 5.56. The third-order valence-electron chi connectivity index (χ3n) is 3.36. The van der Waals surface area contributed by atoms with Gasteiger partial charge in [0.25, 0.3) is 0 Å². The smallest absolute Gasteiger partial charge is 0.126 e. The average molecular weight is 168 g/mol. The van der Waals surface area contributed by atoms with Gasteiger partial charge in [0, 0.05) is 12.5 Å². The summed E-state index contributed by atoms with van der Waals surface area (Å²) in [5.74, 6) is 0.192. The molecule has 0 aromatic heterocycles. The molecule has 1 aliphatic heterocycles. The Bertz CT molecular complexity index is 171. The Balaban J connectivity index is 2.10. The minimum atomic E-state index is -0.0278. The summed E-state index contributed by atoms with van der Waals surface area (Å²) in [5, 5.41) is 0. The quantitative estimate of drug-likeness (QED) is 0.559. The number of hydrogen-bond acceptors (Lipinski definition) is 2. The largest absolute Gasteiger partial charge is 0.374 e. The normalized spacial score (nSPS) is 33.8. The van der Waals surface area contributed by atoms with Crippen molar-refractivity contribution in [3.05, 3.63) is 0 Å². The van der Waals surface area contributed by atoms with Gasteiger partial charge in [0.1, 0.15) is 6.29 Å². The molecule has 1 spiro atoms. The lowest BCUT2D eigenvalue weighted by molar-refractivity contribution is -0.119. The first-order chi connectivity index (χ1) is 5.87. The monoisotopic (exact) mass is 168 g/mol. The Morgan fingerprint density at radius 3 is 2.67 bits per heavy atom. The second kappa shape index (κ2) is 3.17. The van der Waals surface area contributed by atoms with Gasteiger partial charge in [-0.3, -0.25) is 0 Å². The molecule has 2 aliphatic rings. The molecule has 1 aliphatic carbocycles. The maximum atomic E-state index is 10.8. The fraction of sp³-hybridized carbons (Fsp3) is 0.900. The minimum Gasteiger partial charge on any atom is -0.374 e. The van der Waals surface area contributed by atoms with E-state index >= 15 is 0 Å². The van der Waals surface area contributed by atoms with Crippen molar-refractivity contribution >= 4 is 6.29 Å². The molecule has 0 N–H and O–H groups in total. The predicted octanol–water partition coefficient (Wildman–Crippen LogP) is 1.92. The molecule has 2 heteroatoms. The van der Waals surface area contributed by atoms with Crippen LogP contribution in [0.1, 0.15) is 38.5 Å². The number of carbonyl (C=O) groups is 1. The zero-order valence-electron chi connectivity index (χ0n) is 7.42. The van der Waals surface area contributed by atoms with Crippen molar-refractivity contribution in [1.29, 1.82) is 0 Å². The molecule has 12 heavy (non-hydrogen) atoms. The van der Waals surface area contributed by atoms with Crippen LogP contribution in [0.25, 0.3) is 0 Å². The van der Waals surface area contributed by atoms with Gasteiger partial charge >= 0.3 is 0 Å². The summed E-state index contributed by atoms with van der Waals surface area (Å²) in [5.41, 5.74) is -0.0278. The maximum absolute atomic E-state index is 10.8. The molecule has 68 valence electrons. The van der Waals surface area contributed by atoms with Crippen LogP contribution in [0.2, 0.25) is 0 Å². The molecule has 0 amide bonds. The Morgan fingerprint density at radius 2 is 2.00 bits per heavy atom. The average Bonchev–Trinajstić information content (AvgIpc) is 2.49. The lowest BCUT2D eigenvalue weighted by Crippen LogP contribution is -2.38. The van der Waals surface area contributed by atoms with Crippen LogP contribution in [0.3, 0.4) is 0 Å². The van der Waals surface area contributed by atoms with Gasteiger partial charge in [0.05, 0.1) is 5.60 Å². The number of aldehydes is 1. The second-order valence-electron chi connectivity index (χ2n) is 4.01. The van der Waals surface area contributed by atoms with Crippen LogP contribution < -0.4 is 0 Å². The van der Waals surface area contributed by atoms with Crippen LogP contribution in [-0.4, -0.2) is 18.5 Å². The van der Waals surface area contributed by atoms with Crippen LogP contribution in [-0.2, 0) is 9.53 Å². The molecule has 0 aromatic carbocycles. The Labute approximate surface area is 73.3 Å². The van der Waals surface area contributed by atoms with Gasteiger partial charge in [-0.1, -0.05) is 19.3 Å². The van der Waals surface area contributed by atoms with Crippen molar-refractivity contribution in [1.82, 2.24) is 0 Å². The number of carbonyl (C=O) groups excluding carboxylic acids is 1. The number of hydrogen-bond donors (Lipinski definition) is 0. The van der Waals surface area contributed by atoms with Gasteiger partial charge in [0.15, 0.2) is 0 Å². The molecule has 1 saturated heterocycles. The first kappa shape index (κ1) is 8.24. The van der Waals surface area contributed by atoms with E-state index in [0.717, 1.165) is 32.2 Å². The lowest BCUT2D eigenvalue weighted by Gasteiger charge is -2.35. The molecule has 1 atom stereocenters. The van der Waals surface area contributed by atoms with E-state index in [2.05, 4.69) is 0 Å².